The van der Waals surface area contributed by atoms with Crippen LogP contribution in [0.4, 0.5) is 5.69 Å². The molecule has 0 saturated heterocycles. The second kappa shape index (κ2) is 5.14. The maximum Gasteiger partial charge on any atom is 0.337 e. The van der Waals surface area contributed by atoms with Gasteiger partial charge >= 0.3 is 5.97 Å². The van der Waals surface area contributed by atoms with Crippen LogP contribution in [0.2, 0.25) is 0 Å². The van der Waals surface area contributed by atoms with Crippen LogP contribution in [0.3, 0.4) is 0 Å². The third-order valence-electron chi connectivity index (χ3n) is 2.21. The quantitative estimate of drug-likeness (QED) is 0.652. The molecular weight excluding hydrogens is 208 g/mol. The Hall–Kier alpha value is -2.06. The molecule has 0 aliphatic heterocycles. The first-order valence-electron chi connectivity index (χ1n) is 4.72. The highest BCUT2D eigenvalue weighted by Gasteiger charge is 2.18. The standard InChI is InChI=1S/C11H12N2O3/c12-5-1-2-7-3-4-8(9(13)6-7)10(14)11(15)16/h3-4,6,10,14H,1-2,13H2,(H,15,16). The number of nitriles is 1. The van der Waals surface area contributed by atoms with Crippen LogP contribution in [0.5, 0.6) is 0 Å². The second-order valence-electron chi connectivity index (χ2n) is 3.36. The third-order valence-corrected chi connectivity index (χ3v) is 2.21. The molecule has 0 aromatic heterocycles. The molecule has 0 aliphatic rings. The first-order valence-corrected chi connectivity index (χ1v) is 4.72. The van der Waals surface area contributed by atoms with Crippen LogP contribution in [0.25, 0.3) is 0 Å². The van der Waals surface area contributed by atoms with E-state index in [1.54, 1.807) is 12.1 Å². The SMILES string of the molecule is N#CCCc1ccc(C(O)C(=O)O)c(N)c1. The van der Waals surface area contributed by atoms with Gasteiger partial charge in [0.15, 0.2) is 6.10 Å². The first kappa shape index (κ1) is 12.0. The molecule has 84 valence electrons. The number of nitrogens with zero attached hydrogens (tertiary/aromatic N) is 1. The fraction of sp³-hybridized carbons (Fsp3) is 0.273. The molecule has 0 radical (unpaired) electrons. The van der Waals surface area contributed by atoms with Crippen molar-refractivity contribution in [3.8, 4) is 6.07 Å². The smallest absolute Gasteiger partial charge is 0.337 e. The molecule has 1 atom stereocenters. The van der Waals surface area contributed by atoms with Crippen molar-refractivity contribution in [2.75, 3.05) is 5.73 Å². The van der Waals surface area contributed by atoms with E-state index in [1.807, 2.05) is 6.07 Å². The van der Waals surface area contributed by atoms with Crippen molar-refractivity contribution in [1.82, 2.24) is 0 Å². The summed E-state index contributed by atoms with van der Waals surface area (Å²) in [5.74, 6) is -1.34. The van der Waals surface area contributed by atoms with Crippen molar-refractivity contribution in [1.29, 1.82) is 5.26 Å². The molecule has 0 spiro atoms. The number of carboxylic acid groups (broad SMARTS) is 1. The van der Waals surface area contributed by atoms with E-state index in [9.17, 15) is 9.90 Å². The fourth-order valence-corrected chi connectivity index (χ4v) is 1.36. The number of carbonyl (C=O) groups is 1. The highest BCUT2D eigenvalue weighted by atomic mass is 16.4. The van der Waals surface area contributed by atoms with Crippen LogP contribution >= 0.6 is 0 Å². The van der Waals surface area contributed by atoms with Gasteiger partial charge in [-0.2, -0.15) is 5.26 Å². The van der Waals surface area contributed by atoms with Crippen LogP contribution in [-0.4, -0.2) is 16.2 Å². The summed E-state index contributed by atoms with van der Waals surface area (Å²) >= 11 is 0. The lowest BCUT2D eigenvalue weighted by Gasteiger charge is -2.10. The van der Waals surface area contributed by atoms with Gasteiger partial charge in [0, 0.05) is 17.7 Å². The summed E-state index contributed by atoms with van der Waals surface area (Å²) in [6, 6.07) is 6.72. The lowest BCUT2D eigenvalue weighted by Crippen LogP contribution is -2.12. The molecule has 0 amide bonds. The van der Waals surface area contributed by atoms with E-state index in [1.165, 1.54) is 6.07 Å². The molecule has 1 unspecified atom stereocenters. The number of nitrogens with two attached hydrogens (primary N) is 1. The van der Waals surface area contributed by atoms with Gasteiger partial charge in [0.2, 0.25) is 0 Å². The molecule has 1 rings (SSSR count). The number of aliphatic carboxylic acids is 1. The molecule has 16 heavy (non-hydrogen) atoms. The Kier molecular flexibility index (Phi) is 3.86. The van der Waals surface area contributed by atoms with E-state index in [0.29, 0.717) is 12.8 Å². The van der Waals surface area contributed by atoms with Gasteiger partial charge in [-0.1, -0.05) is 12.1 Å². The van der Waals surface area contributed by atoms with Crippen molar-refractivity contribution >= 4 is 11.7 Å². The molecule has 5 nitrogen and oxygen atoms in total. The zero-order valence-electron chi connectivity index (χ0n) is 8.55. The summed E-state index contributed by atoms with van der Waals surface area (Å²) in [4.78, 5) is 10.6. The molecule has 1 aromatic rings. The molecule has 0 fully saturated rings. The predicted molar refractivity (Wildman–Crippen MR) is 57.4 cm³/mol. The van der Waals surface area contributed by atoms with E-state index in [-0.39, 0.29) is 11.3 Å². The summed E-state index contributed by atoms with van der Waals surface area (Å²) in [7, 11) is 0. The number of aliphatic hydroxyl groups is 1. The van der Waals surface area contributed by atoms with Crippen molar-refractivity contribution in [2.24, 2.45) is 0 Å². The number of rotatable bonds is 4. The maximum atomic E-state index is 10.6. The topological polar surface area (TPSA) is 107 Å². The van der Waals surface area contributed by atoms with Crippen molar-refractivity contribution < 1.29 is 15.0 Å². The van der Waals surface area contributed by atoms with Crippen molar-refractivity contribution in [2.45, 2.75) is 18.9 Å². The number of hydrogen-bond donors (Lipinski definition) is 3. The average molecular weight is 220 g/mol. The molecule has 5 heteroatoms. The summed E-state index contributed by atoms with van der Waals surface area (Å²) in [6.07, 6.45) is -0.672. The monoisotopic (exact) mass is 220 g/mol. The van der Waals surface area contributed by atoms with Crippen LogP contribution in [0.1, 0.15) is 23.7 Å². The van der Waals surface area contributed by atoms with Crippen molar-refractivity contribution in [3.63, 3.8) is 0 Å². The number of anilines is 1. The van der Waals surface area contributed by atoms with E-state index in [4.69, 9.17) is 16.1 Å². The minimum atomic E-state index is -1.61. The van der Waals surface area contributed by atoms with Gasteiger partial charge in [0.25, 0.3) is 0 Å². The van der Waals surface area contributed by atoms with Crippen LogP contribution < -0.4 is 5.73 Å². The van der Waals surface area contributed by atoms with Gasteiger partial charge in [-0.3, -0.25) is 0 Å². The number of aliphatic hydroxyl groups excluding tert-OH is 1. The van der Waals surface area contributed by atoms with Gasteiger partial charge in [-0.05, 0) is 18.1 Å². The molecule has 0 aliphatic carbocycles. The largest absolute Gasteiger partial charge is 0.479 e. The molecule has 0 bridgehead atoms. The Bertz CT molecular complexity index is 437. The van der Waals surface area contributed by atoms with Gasteiger partial charge in [-0.25, -0.2) is 4.79 Å². The van der Waals surface area contributed by atoms with Crippen LogP contribution in [0, 0.1) is 11.3 Å². The zero-order chi connectivity index (χ0) is 12.1. The van der Waals surface area contributed by atoms with E-state index < -0.39 is 12.1 Å². The predicted octanol–water partition coefficient (Wildman–Crippen LogP) is 0.843. The first-order chi connectivity index (χ1) is 7.56. The summed E-state index contributed by atoms with van der Waals surface area (Å²) in [5.41, 5.74) is 6.87. The highest BCUT2D eigenvalue weighted by molar-refractivity contribution is 5.76. The maximum absolute atomic E-state index is 10.6. The van der Waals surface area contributed by atoms with E-state index in [0.717, 1.165) is 5.56 Å². The summed E-state index contributed by atoms with van der Waals surface area (Å²) in [5, 5.41) is 26.3. The molecule has 4 N–H and O–H groups in total. The second-order valence-corrected chi connectivity index (χ2v) is 3.36. The minimum absolute atomic E-state index is 0.174. The van der Waals surface area contributed by atoms with Gasteiger partial charge in [0.05, 0.1) is 6.07 Å². The zero-order valence-corrected chi connectivity index (χ0v) is 8.55. The Balaban J connectivity index is 2.92. The van der Waals surface area contributed by atoms with E-state index in [2.05, 4.69) is 0 Å². The van der Waals surface area contributed by atoms with Gasteiger partial charge in [0.1, 0.15) is 0 Å². The Morgan fingerprint density at radius 3 is 2.75 bits per heavy atom. The summed E-state index contributed by atoms with van der Waals surface area (Å²) < 4.78 is 0. The average Bonchev–Trinajstić information content (AvgIpc) is 2.25. The molecule has 0 heterocycles. The minimum Gasteiger partial charge on any atom is -0.479 e. The highest BCUT2D eigenvalue weighted by Crippen LogP contribution is 2.22. The van der Waals surface area contributed by atoms with Gasteiger partial charge in [-0.15, -0.1) is 0 Å². The molecular formula is C11H12N2O3. The Labute approximate surface area is 92.7 Å². The number of aryl methyl sites for hydroxylation is 1. The molecule has 0 saturated carbocycles. The third kappa shape index (κ3) is 2.72. The number of carboxylic acids is 1. The Morgan fingerprint density at radius 1 is 1.56 bits per heavy atom. The number of nitrogen functional groups attached to an aromatic ring is 1. The number of hydrogen-bond acceptors (Lipinski definition) is 4. The normalized spacial score (nSPS) is 11.8. The van der Waals surface area contributed by atoms with Gasteiger partial charge < -0.3 is 15.9 Å². The Morgan fingerprint density at radius 2 is 2.25 bits per heavy atom. The fourth-order valence-electron chi connectivity index (χ4n) is 1.36. The number of benzene rings is 1. The van der Waals surface area contributed by atoms with E-state index >= 15 is 0 Å². The molecule has 1 aromatic carbocycles. The lowest BCUT2D eigenvalue weighted by molar-refractivity contribution is -0.146. The summed E-state index contributed by atoms with van der Waals surface area (Å²) in [6.45, 7) is 0. The van der Waals surface area contributed by atoms with Crippen LogP contribution in [0.15, 0.2) is 18.2 Å². The van der Waals surface area contributed by atoms with Crippen molar-refractivity contribution in [3.05, 3.63) is 29.3 Å². The van der Waals surface area contributed by atoms with Crippen LogP contribution in [-0.2, 0) is 11.2 Å². The lowest BCUT2D eigenvalue weighted by atomic mass is 10.0.